The van der Waals surface area contributed by atoms with Crippen molar-refractivity contribution in [1.29, 1.82) is 0 Å². The first-order valence-corrected chi connectivity index (χ1v) is 7.95. The highest BCUT2D eigenvalue weighted by atomic mass is 16.4. The summed E-state index contributed by atoms with van der Waals surface area (Å²) >= 11 is 0. The van der Waals surface area contributed by atoms with Crippen molar-refractivity contribution in [1.82, 2.24) is 15.1 Å². The molecule has 2 N–H and O–H groups in total. The van der Waals surface area contributed by atoms with E-state index in [9.17, 15) is 9.59 Å². The van der Waals surface area contributed by atoms with Gasteiger partial charge in [0.25, 0.3) is 0 Å². The first-order valence-electron chi connectivity index (χ1n) is 7.95. The van der Waals surface area contributed by atoms with Gasteiger partial charge in [0.15, 0.2) is 0 Å². The molecule has 3 atom stereocenters. The zero-order valence-electron chi connectivity index (χ0n) is 13.0. The molecular formula is C15H27N3O3. The van der Waals surface area contributed by atoms with Crippen molar-refractivity contribution < 1.29 is 14.7 Å². The second-order valence-electron chi connectivity index (χ2n) is 6.53. The SMILES string of the molecule is CC1CN(C)CCC1NC(=O)N1CCCCC1CC(=O)O. The minimum atomic E-state index is -0.827. The molecule has 2 heterocycles. The van der Waals surface area contributed by atoms with Crippen LogP contribution in [0.5, 0.6) is 0 Å². The molecule has 3 unspecified atom stereocenters. The molecule has 0 bridgehead atoms. The Kier molecular flexibility index (Phi) is 5.45. The molecule has 0 radical (unpaired) electrons. The normalized spacial score (nSPS) is 31.0. The molecule has 2 rings (SSSR count). The van der Waals surface area contributed by atoms with E-state index in [1.54, 1.807) is 4.90 Å². The quantitative estimate of drug-likeness (QED) is 0.825. The number of nitrogens with one attached hydrogen (secondary N) is 1. The van der Waals surface area contributed by atoms with Gasteiger partial charge in [0.1, 0.15) is 0 Å². The van der Waals surface area contributed by atoms with Gasteiger partial charge in [-0.3, -0.25) is 4.79 Å². The molecule has 2 saturated heterocycles. The number of amides is 2. The first kappa shape index (κ1) is 16.1. The minimum Gasteiger partial charge on any atom is -0.481 e. The molecule has 2 aliphatic rings. The molecule has 0 saturated carbocycles. The molecule has 0 aromatic heterocycles. The van der Waals surface area contributed by atoms with Gasteiger partial charge in [0.2, 0.25) is 0 Å². The van der Waals surface area contributed by atoms with Crippen molar-refractivity contribution in [3.8, 4) is 0 Å². The summed E-state index contributed by atoms with van der Waals surface area (Å²) in [4.78, 5) is 27.5. The van der Waals surface area contributed by atoms with E-state index in [2.05, 4.69) is 24.2 Å². The second kappa shape index (κ2) is 7.11. The third-order valence-corrected chi connectivity index (χ3v) is 4.72. The Labute approximate surface area is 126 Å². The van der Waals surface area contributed by atoms with Crippen LogP contribution in [0.1, 0.15) is 39.0 Å². The van der Waals surface area contributed by atoms with E-state index in [-0.39, 0.29) is 24.5 Å². The maximum atomic E-state index is 12.5. The Hall–Kier alpha value is -1.30. The van der Waals surface area contributed by atoms with Crippen LogP contribution in [0.4, 0.5) is 4.79 Å². The van der Waals surface area contributed by atoms with E-state index in [4.69, 9.17) is 5.11 Å². The van der Waals surface area contributed by atoms with Crippen LogP contribution in [-0.2, 0) is 4.79 Å². The summed E-state index contributed by atoms with van der Waals surface area (Å²) in [6.07, 6.45) is 3.78. The van der Waals surface area contributed by atoms with Gasteiger partial charge in [-0.25, -0.2) is 4.79 Å². The van der Waals surface area contributed by atoms with Crippen LogP contribution in [0.3, 0.4) is 0 Å². The summed E-state index contributed by atoms with van der Waals surface area (Å²) in [7, 11) is 2.10. The zero-order valence-corrected chi connectivity index (χ0v) is 13.0. The number of hydrogen-bond acceptors (Lipinski definition) is 3. The Balaban J connectivity index is 1.92. The Morgan fingerprint density at radius 1 is 1.24 bits per heavy atom. The number of carbonyl (C=O) groups excluding carboxylic acids is 1. The van der Waals surface area contributed by atoms with Crippen LogP contribution in [0.2, 0.25) is 0 Å². The standard InChI is InChI=1S/C15H27N3O3/c1-11-10-17(2)8-6-13(11)16-15(21)18-7-4-3-5-12(18)9-14(19)20/h11-13H,3-10H2,1-2H3,(H,16,21)(H,19,20). The predicted molar refractivity (Wildman–Crippen MR) is 80.2 cm³/mol. The molecule has 2 amide bonds. The zero-order chi connectivity index (χ0) is 15.4. The Bertz CT molecular complexity index is 388. The van der Waals surface area contributed by atoms with Gasteiger partial charge in [0, 0.05) is 25.2 Å². The summed E-state index contributed by atoms with van der Waals surface area (Å²) in [6, 6.07) is -0.0405. The highest BCUT2D eigenvalue weighted by molar-refractivity contribution is 5.76. The fourth-order valence-corrected chi connectivity index (χ4v) is 3.49. The number of likely N-dealkylation sites (tertiary alicyclic amines) is 2. The van der Waals surface area contributed by atoms with Crippen molar-refractivity contribution in [2.45, 2.75) is 51.1 Å². The monoisotopic (exact) mass is 297 g/mol. The lowest BCUT2D eigenvalue weighted by molar-refractivity contribution is -0.138. The number of rotatable bonds is 3. The number of nitrogens with zero attached hydrogens (tertiary/aromatic N) is 2. The summed E-state index contributed by atoms with van der Waals surface area (Å²) in [5.74, 6) is -0.400. The third kappa shape index (κ3) is 4.33. The van der Waals surface area contributed by atoms with Gasteiger partial charge in [-0.1, -0.05) is 6.92 Å². The van der Waals surface area contributed by atoms with Gasteiger partial charge < -0.3 is 20.2 Å². The van der Waals surface area contributed by atoms with E-state index in [0.29, 0.717) is 12.5 Å². The number of carboxylic acid groups (broad SMARTS) is 1. The number of carboxylic acids is 1. The topological polar surface area (TPSA) is 72.9 Å². The van der Waals surface area contributed by atoms with E-state index in [0.717, 1.165) is 38.8 Å². The molecule has 2 aliphatic heterocycles. The van der Waals surface area contributed by atoms with E-state index in [1.807, 2.05) is 0 Å². The maximum Gasteiger partial charge on any atom is 0.317 e. The lowest BCUT2D eigenvalue weighted by Crippen LogP contribution is -2.55. The Morgan fingerprint density at radius 3 is 2.67 bits per heavy atom. The van der Waals surface area contributed by atoms with Crippen molar-refractivity contribution in [3.63, 3.8) is 0 Å². The van der Waals surface area contributed by atoms with Crippen molar-refractivity contribution in [3.05, 3.63) is 0 Å². The summed E-state index contributed by atoms with van der Waals surface area (Å²) in [5, 5.41) is 12.1. The number of hydrogen-bond donors (Lipinski definition) is 2. The van der Waals surface area contributed by atoms with Gasteiger partial charge in [0.05, 0.1) is 6.42 Å². The van der Waals surface area contributed by atoms with Gasteiger partial charge in [-0.15, -0.1) is 0 Å². The van der Waals surface area contributed by atoms with Gasteiger partial charge in [-0.05, 0) is 45.2 Å². The molecular weight excluding hydrogens is 270 g/mol. The van der Waals surface area contributed by atoms with Crippen LogP contribution in [0.15, 0.2) is 0 Å². The van der Waals surface area contributed by atoms with Crippen LogP contribution >= 0.6 is 0 Å². The highest BCUT2D eigenvalue weighted by Crippen LogP contribution is 2.21. The van der Waals surface area contributed by atoms with Crippen molar-refractivity contribution in [2.24, 2.45) is 5.92 Å². The third-order valence-electron chi connectivity index (χ3n) is 4.72. The highest BCUT2D eigenvalue weighted by Gasteiger charge is 2.31. The fourth-order valence-electron chi connectivity index (χ4n) is 3.49. The van der Waals surface area contributed by atoms with E-state index in [1.165, 1.54) is 0 Å². The lowest BCUT2D eigenvalue weighted by atomic mass is 9.94. The Morgan fingerprint density at radius 2 is 2.00 bits per heavy atom. The average Bonchev–Trinajstić information content (AvgIpc) is 2.42. The van der Waals surface area contributed by atoms with Crippen LogP contribution in [-0.4, -0.2) is 65.7 Å². The molecule has 120 valence electrons. The van der Waals surface area contributed by atoms with Crippen LogP contribution < -0.4 is 5.32 Å². The summed E-state index contributed by atoms with van der Waals surface area (Å²) in [6.45, 7) is 4.81. The smallest absolute Gasteiger partial charge is 0.317 e. The summed E-state index contributed by atoms with van der Waals surface area (Å²) < 4.78 is 0. The first-order chi connectivity index (χ1) is 9.97. The fraction of sp³-hybridized carbons (Fsp3) is 0.867. The second-order valence-corrected chi connectivity index (χ2v) is 6.53. The molecule has 0 aliphatic carbocycles. The number of carbonyl (C=O) groups is 2. The molecule has 0 aromatic carbocycles. The average molecular weight is 297 g/mol. The number of urea groups is 1. The van der Waals surface area contributed by atoms with Crippen LogP contribution in [0, 0.1) is 5.92 Å². The molecule has 6 nitrogen and oxygen atoms in total. The maximum absolute atomic E-state index is 12.5. The molecule has 2 fully saturated rings. The number of piperidine rings is 2. The largest absolute Gasteiger partial charge is 0.481 e. The van der Waals surface area contributed by atoms with Crippen molar-refractivity contribution >= 4 is 12.0 Å². The van der Waals surface area contributed by atoms with Crippen LogP contribution in [0.25, 0.3) is 0 Å². The van der Waals surface area contributed by atoms with E-state index < -0.39 is 5.97 Å². The molecule has 0 aromatic rings. The molecule has 21 heavy (non-hydrogen) atoms. The van der Waals surface area contributed by atoms with Crippen molar-refractivity contribution in [2.75, 3.05) is 26.7 Å². The molecule has 6 heteroatoms. The predicted octanol–water partition coefficient (Wildman–Crippen LogP) is 1.37. The van der Waals surface area contributed by atoms with Gasteiger partial charge in [-0.2, -0.15) is 0 Å². The number of aliphatic carboxylic acids is 1. The van der Waals surface area contributed by atoms with Gasteiger partial charge >= 0.3 is 12.0 Å². The molecule has 0 spiro atoms. The summed E-state index contributed by atoms with van der Waals surface area (Å²) in [5.41, 5.74) is 0. The minimum absolute atomic E-state index is 0.0520. The lowest BCUT2D eigenvalue weighted by Gasteiger charge is -2.39. The van der Waals surface area contributed by atoms with E-state index >= 15 is 0 Å².